The van der Waals surface area contributed by atoms with Crippen molar-refractivity contribution in [1.82, 2.24) is 9.80 Å². The number of rotatable bonds is 3. The largest absolute Gasteiger partial charge is 0.343 e. The first-order valence-corrected chi connectivity index (χ1v) is 8.60. The van der Waals surface area contributed by atoms with Crippen molar-refractivity contribution in [3.63, 3.8) is 0 Å². The number of nitrogens with zero attached hydrogens (tertiary/aromatic N) is 2. The molecule has 0 spiro atoms. The number of halogens is 1. The molecule has 2 rings (SSSR count). The molecule has 0 bridgehead atoms. The molecule has 1 heterocycles. The van der Waals surface area contributed by atoms with Crippen molar-refractivity contribution in [2.24, 2.45) is 5.73 Å². The molecule has 1 aliphatic rings. The number of carbonyl (C=O) groups excluding carboxylic acids is 2. The van der Waals surface area contributed by atoms with Gasteiger partial charge in [-0.3, -0.25) is 9.59 Å². The summed E-state index contributed by atoms with van der Waals surface area (Å²) in [4.78, 5) is 27.9. The summed E-state index contributed by atoms with van der Waals surface area (Å²) in [7, 11) is 1.82. The van der Waals surface area contributed by atoms with E-state index in [1.165, 1.54) is 0 Å². The predicted octanol–water partition coefficient (Wildman–Crippen LogP) is 2.09. The summed E-state index contributed by atoms with van der Waals surface area (Å²) in [5.41, 5.74) is 6.09. The number of hydrogen-bond donors (Lipinski definition) is 1. The molecule has 0 saturated carbocycles. The zero-order chi connectivity index (χ0) is 17.2. The lowest BCUT2D eigenvalue weighted by molar-refractivity contribution is -0.139. The van der Waals surface area contributed by atoms with Gasteiger partial charge in [-0.2, -0.15) is 0 Å². The molecular weight excluding hydrogens is 358 g/mol. The lowest BCUT2D eigenvalue weighted by atomic mass is 9.90. The van der Waals surface area contributed by atoms with Gasteiger partial charge in [-0.1, -0.05) is 28.1 Å². The molecule has 2 N–H and O–H groups in total. The minimum absolute atomic E-state index is 0.0632. The van der Waals surface area contributed by atoms with Crippen molar-refractivity contribution >= 4 is 27.7 Å². The molecule has 23 heavy (non-hydrogen) atoms. The maximum absolute atomic E-state index is 12.8. The summed E-state index contributed by atoms with van der Waals surface area (Å²) in [6.07, 6.45) is 1.58. The molecule has 0 aliphatic carbocycles. The minimum Gasteiger partial charge on any atom is -0.343 e. The van der Waals surface area contributed by atoms with Gasteiger partial charge in [0.1, 0.15) is 5.54 Å². The SMILES string of the molecule is CC(=O)N(C)C1CCN(C(=O)C(C)(N)c2ccc(Br)cc2)CC1. The van der Waals surface area contributed by atoms with Crippen LogP contribution in [0.25, 0.3) is 0 Å². The number of likely N-dealkylation sites (tertiary alicyclic amines) is 1. The highest BCUT2D eigenvalue weighted by Gasteiger charge is 2.36. The fraction of sp³-hybridized carbons (Fsp3) is 0.529. The number of amides is 2. The number of carbonyl (C=O) groups is 2. The molecule has 1 aromatic rings. The van der Waals surface area contributed by atoms with E-state index in [0.717, 1.165) is 22.9 Å². The Morgan fingerprint density at radius 1 is 1.26 bits per heavy atom. The second-order valence-electron chi connectivity index (χ2n) is 6.36. The van der Waals surface area contributed by atoms with Gasteiger partial charge >= 0.3 is 0 Å². The first kappa shape index (κ1) is 17.9. The van der Waals surface area contributed by atoms with E-state index in [-0.39, 0.29) is 17.9 Å². The predicted molar refractivity (Wildman–Crippen MR) is 93.7 cm³/mol. The second kappa shape index (κ2) is 7.01. The van der Waals surface area contributed by atoms with Crippen molar-refractivity contribution in [3.05, 3.63) is 34.3 Å². The number of nitrogens with two attached hydrogens (primary N) is 1. The van der Waals surface area contributed by atoms with Crippen LogP contribution in [0, 0.1) is 0 Å². The number of benzene rings is 1. The molecule has 2 amide bonds. The summed E-state index contributed by atoms with van der Waals surface area (Å²) in [5, 5.41) is 0. The van der Waals surface area contributed by atoms with Gasteiger partial charge in [0.15, 0.2) is 0 Å². The first-order chi connectivity index (χ1) is 10.7. The van der Waals surface area contributed by atoms with Crippen LogP contribution < -0.4 is 5.73 Å². The Labute approximate surface area is 145 Å². The smallest absolute Gasteiger partial charge is 0.246 e. The standard InChI is InChI=1S/C17H24BrN3O2/c1-12(22)20(3)15-8-10-21(11-9-15)16(23)17(2,19)13-4-6-14(18)7-5-13/h4-7,15H,8-11,19H2,1-3H3. The molecule has 0 radical (unpaired) electrons. The topological polar surface area (TPSA) is 66.6 Å². The molecule has 1 atom stereocenters. The molecule has 1 saturated heterocycles. The average Bonchev–Trinajstić information content (AvgIpc) is 2.54. The molecule has 1 aromatic carbocycles. The quantitative estimate of drug-likeness (QED) is 0.871. The summed E-state index contributed by atoms with van der Waals surface area (Å²) in [6.45, 7) is 4.59. The monoisotopic (exact) mass is 381 g/mol. The van der Waals surface area contributed by atoms with E-state index < -0.39 is 5.54 Å². The van der Waals surface area contributed by atoms with Gasteiger partial charge in [-0.25, -0.2) is 0 Å². The Bertz CT molecular complexity index is 578. The molecule has 0 aromatic heterocycles. The summed E-state index contributed by atoms with van der Waals surface area (Å²) < 4.78 is 0.956. The van der Waals surface area contributed by atoms with Crippen LogP contribution >= 0.6 is 15.9 Å². The minimum atomic E-state index is -1.04. The van der Waals surface area contributed by atoms with Gasteiger partial charge in [0, 0.05) is 37.6 Å². The van der Waals surface area contributed by atoms with E-state index in [4.69, 9.17) is 5.73 Å². The van der Waals surface area contributed by atoms with Gasteiger partial charge in [0.2, 0.25) is 11.8 Å². The van der Waals surface area contributed by atoms with Gasteiger partial charge in [0.25, 0.3) is 0 Å². The van der Waals surface area contributed by atoms with Crippen LogP contribution in [-0.4, -0.2) is 47.8 Å². The lowest BCUT2D eigenvalue weighted by Crippen LogP contribution is -2.55. The second-order valence-corrected chi connectivity index (χ2v) is 7.28. The number of piperidine rings is 1. The Morgan fingerprint density at radius 2 is 1.78 bits per heavy atom. The average molecular weight is 382 g/mol. The van der Waals surface area contributed by atoms with Crippen molar-refractivity contribution < 1.29 is 9.59 Å². The van der Waals surface area contributed by atoms with Gasteiger partial charge in [-0.05, 0) is 37.5 Å². The maximum atomic E-state index is 12.8. The molecule has 5 nitrogen and oxygen atoms in total. The van der Waals surface area contributed by atoms with Crippen LogP contribution in [0.2, 0.25) is 0 Å². The third-order valence-electron chi connectivity index (χ3n) is 4.68. The van der Waals surface area contributed by atoms with Crippen molar-refractivity contribution in [3.8, 4) is 0 Å². The van der Waals surface area contributed by atoms with Crippen molar-refractivity contribution in [2.75, 3.05) is 20.1 Å². The van der Waals surface area contributed by atoms with Gasteiger partial charge in [-0.15, -0.1) is 0 Å². The Kier molecular flexibility index (Phi) is 5.47. The maximum Gasteiger partial charge on any atom is 0.246 e. The Morgan fingerprint density at radius 3 is 2.26 bits per heavy atom. The molecule has 1 aliphatic heterocycles. The van der Waals surface area contributed by atoms with E-state index >= 15 is 0 Å². The third kappa shape index (κ3) is 3.93. The normalized spacial score (nSPS) is 18.4. The Hall–Kier alpha value is -1.40. The highest BCUT2D eigenvalue weighted by molar-refractivity contribution is 9.10. The van der Waals surface area contributed by atoms with E-state index in [0.29, 0.717) is 13.1 Å². The summed E-state index contributed by atoms with van der Waals surface area (Å²) in [6, 6.07) is 7.73. The molecule has 1 fully saturated rings. The molecular formula is C17H24BrN3O2. The van der Waals surface area contributed by atoms with Crippen LogP contribution in [0.15, 0.2) is 28.7 Å². The summed E-state index contributed by atoms with van der Waals surface area (Å²) in [5.74, 6) is -0.00273. The van der Waals surface area contributed by atoms with E-state index in [1.54, 1.807) is 18.7 Å². The molecule has 1 unspecified atom stereocenters. The van der Waals surface area contributed by atoms with Crippen LogP contribution in [0.4, 0.5) is 0 Å². The van der Waals surface area contributed by atoms with Crippen LogP contribution in [0.3, 0.4) is 0 Å². The van der Waals surface area contributed by atoms with Crippen molar-refractivity contribution in [2.45, 2.75) is 38.3 Å². The highest BCUT2D eigenvalue weighted by Crippen LogP contribution is 2.25. The Balaban J connectivity index is 2.04. The first-order valence-electron chi connectivity index (χ1n) is 7.81. The fourth-order valence-electron chi connectivity index (χ4n) is 2.96. The van der Waals surface area contributed by atoms with Gasteiger partial charge < -0.3 is 15.5 Å². The molecule has 126 valence electrons. The van der Waals surface area contributed by atoms with Crippen LogP contribution in [-0.2, 0) is 15.1 Å². The number of hydrogen-bond acceptors (Lipinski definition) is 3. The van der Waals surface area contributed by atoms with Crippen molar-refractivity contribution in [1.29, 1.82) is 0 Å². The van der Waals surface area contributed by atoms with Crippen LogP contribution in [0.1, 0.15) is 32.3 Å². The third-order valence-corrected chi connectivity index (χ3v) is 5.21. The zero-order valence-electron chi connectivity index (χ0n) is 13.9. The van der Waals surface area contributed by atoms with E-state index in [1.807, 2.05) is 36.2 Å². The van der Waals surface area contributed by atoms with E-state index in [2.05, 4.69) is 15.9 Å². The van der Waals surface area contributed by atoms with E-state index in [9.17, 15) is 9.59 Å². The summed E-state index contributed by atoms with van der Waals surface area (Å²) >= 11 is 3.39. The lowest BCUT2D eigenvalue weighted by Gasteiger charge is -2.39. The zero-order valence-corrected chi connectivity index (χ0v) is 15.5. The molecule has 6 heteroatoms. The highest BCUT2D eigenvalue weighted by atomic mass is 79.9. The fourth-order valence-corrected chi connectivity index (χ4v) is 3.23. The van der Waals surface area contributed by atoms with Gasteiger partial charge in [0.05, 0.1) is 0 Å². The van der Waals surface area contributed by atoms with Crippen LogP contribution in [0.5, 0.6) is 0 Å².